The molecule has 0 N–H and O–H groups in total. The van der Waals surface area contributed by atoms with Gasteiger partial charge in [-0.05, 0) is 70.6 Å². The van der Waals surface area contributed by atoms with E-state index in [0.29, 0.717) is 6.61 Å². The molecule has 180 valence electrons. The summed E-state index contributed by atoms with van der Waals surface area (Å²) in [6, 6.07) is 24.8. The Kier molecular flexibility index (Phi) is 4.72. The van der Waals surface area contributed by atoms with Gasteiger partial charge in [-0.25, -0.2) is 0 Å². The van der Waals surface area contributed by atoms with Crippen LogP contribution in [0.2, 0.25) is 0 Å². The average Bonchev–Trinajstić information content (AvgIpc) is 2.97. The van der Waals surface area contributed by atoms with E-state index in [4.69, 9.17) is 9.47 Å². The van der Waals surface area contributed by atoms with Crippen molar-refractivity contribution in [3.63, 3.8) is 0 Å². The third kappa shape index (κ3) is 3.12. The molecule has 2 aliphatic heterocycles. The number of nitrogens with zero attached hydrogens (tertiary/aromatic N) is 1. The van der Waals surface area contributed by atoms with Crippen LogP contribution in [0.15, 0.2) is 78.7 Å². The molecule has 0 saturated carbocycles. The number of rotatable bonds is 0. The summed E-state index contributed by atoms with van der Waals surface area (Å²) in [5.74, 6) is 0.960. The normalized spacial score (nSPS) is 23.8. The lowest BCUT2D eigenvalue weighted by atomic mass is 9.79. The van der Waals surface area contributed by atoms with E-state index < -0.39 is 0 Å². The van der Waals surface area contributed by atoms with E-state index in [1.807, 2.05) is 0 Å². The standard InChI is InChI=1S/C33H32NO2/c1-20-15-21(2)36-31(19-35-20)30-17-23-16-27-25-13-12-22-9-5-6-10-24(22)32(25)33(3,4)28(27)18-26(23)29-11-7-8-14-34(29)30/h5-14,16,18,20-21H,15,17,19H2,1-4H3/q+1/b31-30+. The maximum absolute atomic E-state index is 6.46. The zero-order valence-corrected chi connectivity index (χ0v) is 21.5. The number of allylic oxidation sites excluding steroid dienone is 1. The van der Waals surface area contributed by atoms with Gasteiger partial charge in [0.2, 0.25) is 11.4 Å². The third-order valence-corrected chi connectivity index (χ3v) is 8.37. The van der Waals surface area contributed by atoms with E-state index in [0.717, 1.165) is 18.6 Å². The Labute approximate surface area is 213 Å². The molecule has 0 bridgehead atoms. The fourth-order valence-corrected chi connectivity index (χ4v) is 6.70. The van der Waals surface area contributed by atoms with Crippen LogP contribution in [0, 0.1) is 0 Å². The highest BCUT2D eigenvalue weighted by atomic mass is 16.5. The lowest BCUT2D eigenvalue weighted by molar-refractivity contribution is -0.574. The Hall–Kier alpha value is -3.43. The number of fused-ring (bicyclic) bond motifs is 8. The molecule has 36 heavy (non-hydrogen) atoms. The third-order valence-electron chi connectivity index (χ3n) is 8.37. The molecule has 4 aromatic rings. The number of benzene rings is 3. The molecule has 3 aromatic carbocycles. The lowest BCUT2D eigenvalue weighted by Gasteiger charge is -2.25. The first kappa shape index (κ1) is 21.8. The number of hydrogen-bond acceptors (Lipinski definition) is 2. The molecule has 3 heterocycles. The predicted octanol–water partition coefficient (Wildman–Crippen LogP) is 7.04. The summed E-state index contributed by atoms with van der Waals surface area (Å²) in [6.07, 6.45) is 4.25. The summed E-state index contributed by atoms with van der Waals surface area (Å²) >= 11 is 0. The summed E-state index contributed by atoms with van der Waals surface area (Å²) in [7, 11) is 0. The highest BCUT2D eigenvalue weighted by Crippen LogP contribution is 2.53. The molecule has 3 heteroatoms. The summed E-state index contributed by atoms with van der Waals surface area (Å²) < 4.78 is 14.9. The van der Waals surface area contributed by atoms with E-state index in [-0.39, 0.29) is 17.6 Å². The van der Waals surface area contributed by atoms with Gasteiger partial charge in [-0.2, -0.15) is 4.57 Å². The second-order valence-electron chi connectivity index (χ2n) is 11.2. The zero-order chi connectivity index (χ0) is 24.6. The molecule has 3 aliphatic rings. The highest BCUT2D eigenvalue weighted by Gasteiger charge is 2.40. The number of pyridine rings is 1. The van der Waals surface area contributed by atoms with Gasteiger partial charge in [-0.3, -0.25) is 0 Å². The van der Waals surface area contributed by atoms with Crippen molar-refractivity contribution in [1.82, 2.24) is 0 Å². The fraction of sp³-hybridized carbons (Fsp3) is 0.303. The van der Waals surface area contributed by atoms with E-state index in [1.165, 1.54) is 55.5 Å². The molecular formula is C33H32NO2+. The van der Waals surface area contributed by atoms with Crippen molar-refractivity contribution in [2.45, 2.75) is 58.2 Å². The zero-order valence-electron chi connectivity index (χ0n) is 21.5. The second kappa shape index (κ2) is 7.78. The van der Waals surface area contributed by atoms with Gasteiger partial charge in [0.25, 0.3) is 0 Å². The topological polar surface area (TPSA) is 22.3 Å². The molecule has 2 unspecified atom stereocenters. The lowest BCUT2D eigenvalue weighted by Crippen LogP contribution is -2.40. The maximum Gasteiger partial charge on any atom is 0.232 e. The Morgan fingerprint density at radius 1 is 0.861 bits per heavy atom. The van der Waals surface area contributed by atoms with Crippen LogP contribution in [0.1, 0.15) is 50.8 Å². The second-order valence-corrected chi connectivity index (χ2v) is 11.2. The molecular weight excluding hydrogens is 442 g/mol. The smallest absolute Gasteiger partial charge is 0.232 e. The van der Waals surface area contributed by atoms with E-state index in [1.54, 1.807) is 0 Å². The molecule has 0 radical (unpaired) electrons. The Balaban J connectivity index is 1.45. The van der Waals surface area contributed by atoms with Gasteiger partial charge < -0.3 is 9.47 Å². The van der Waals surface area contributed by atoms with Crippen molar-refractivity contribution in [3.05, 3.63) is 95.4 Å². The van der Waals surface area contributed by atoms with Gasteiger partial charge in [0.05, 0.1) is 24.2 Å². The van der Waals surface area contributed by atoms with E-state index >= 15 is 0 Å². The molecule has 1 saturated heterocycles. The molecule has 0 spiro atoms. The van der Waals surface area contributed by atoms with E-state index in [9.17, 15) is 0 Å². The summed E-state index contributed by atoms with van der Waals surface area (Å²) in [5, 5.41) is 2.67. The Bertz CT molecular complexity index is 1580. The van der Waals surface area contributed by atoms with Crippen molar-refractivity contribution in [1.29, 1.82) is 0 Å². The molecule has 1 fully saturated rings. The number of hydrogen-bond donors (Lipinski definition) is 0. The van der Waals surface area contributed by atoms with Crippen LogP contribution in [-0.4, -0.2) is 18.8 Å². The number of aromatic nitrogens is 1. The first-order chi connectivity index (χ1) is 17.4. The Morgan fingerprint density at radius 2 is 1.69 bits per heavy atom. The van der Waals surface area contributed by atoms with Crippen LogP contribution in [0.5, 0.6) is 0 Å². The van der Waals surface area contributed by atoms with Gasteiger partial charge in [-0.1, -0.05) is 50.2 Å². The van der Waals surface area contributed by atoms with Crippen LogP contribution in [0.3, 0.4) is 0 Å². The summed E-state index contributed by atoms with van der Waals surface area (Å²) in [5.41, 5.74) is 10.6. The summed E-state index contributed by atoms with van der Waals surface area (Å²) in [4.78, 5) is 0. The van der Waals surface area contributed by atoms with Crippen molar-refractivity contribution in [2.75, 3.05) is 6.61 Å². The maximum atomic E-state index is 6.46. The number of ether oxygens (including phenoxy) is 2. The minimum atomic E-state index is -0.0667. The monoisotopic (exact) mass is 474 g/mol. The Morgan fingerprint density at radius 3 is 2.58 bits per heavy atom. The molecule has 3 nitrogen and oxygen atoms in total. The minimum absolute atomic E-state index is 0.0667. The van der Waals surface area contributed by atoms with Crippen LogP contribution in [-0.2, 0) is 21.3 Å². The average molecular weight is 475 g/mol. The van der Waals surface area contributed by atoms with Crippen molar-refractivity contribution in [3.8, 4) is 22.4 Å². The fourth-order valence-electron chi connectivity index (χ4n) is 6.70. The van der Waals surface area contributed by atoms with Gasteiger partial charge in [0.1, 0.15) is 6.61 Å². The van der Waals surface area contributed by atoms with Crippen LogP contribution < -0.4 is 4.57 Å². The molecule has 1 aliphatic carbocycles. The van der Waals surface area contributed by atoms with Gasteiger partial charge in [0.15, 0.2) is 12.0 Å². The van der Waals surface area contributed by atoms with E-state index in [2.05, 4.69) is 105 Å². The summed E-state index contributed by atoms with van der Waals surface area (Å²) in [6.45, 7) is 9.56. The van der Waals surface area contributed by atoms with Gasteiger partial charge in [-0.15, -0.1) is 0 Å². The first-order valence-corrected chi connectivity index (χ1v) is 13.1. The minimum Gasteiger partial charge on any atom is -0.486 e. The highest BCUT2D eigenvalue weighted by molar-refractivity contribution is 5.98. The van der Waals surface area contributed by atoms with Gasteiger partial charge >= 0.3 is 0 Å². The largest absolute Gasteiger partial charge is 0.486 e. The first-order valence-electron chi connectivity index (χ1n) is 13.1. The molecule has 7 rings (SSSR count). The van der Waals surface area contributed by atoms with Crippen LogP contribution in [0.4, 0.5) is 0 Å². The van der Waals surface area contributed by atoms with Crippen molar-refractivity contribution in [2.24, 2.45) is 0 Å². The van der Waals surface area contributed by atoms with Gasteiger partial charge in [0, 0.05) is 24.0 Å². The SMILES string of the molecule is CC1CC(C)O/C(=C2\Cc3cc4c(cc3-c3cccc[n+]32)C(C)(C)c2c-4ccc3ccccc23)CO1. The molecule has 2 atom stereocenters. The van der Waals surface area contributed by atoms with Crippen LogP contribution >= 0.6 is 0 Å². The molecule has 1 aromatic heterocycles. The van der Waals surface area contributed by atoms with Crippen molar-refractivity contribution >= 4 is 16.5 Å². The predicted molar refractivity (Wildman–Crippen MR) is 145 cm³/mol. The van der Waals surface area contributed by atoms with Crippen molar-refractivity contribution < 1.29 is 14.0 Å². The van der Waals surface area contributed by atoms with Crippen LogP contribution in [0.25, 0.3) is 38.9 Å². The molecule has 0 amide bonds. The quantitative estimate of drug-likeness (QED) is 0.255.